The van der Waals surface area contributed by atoms with Crippen LogP contribution in [0.15, 0.2) is 53.9 Å². The van der Waals surface area contributed by atoms with E-state index in [2.05, 4.69) is 0 Å². The van der Waals surface area contributed by atoms with E-state index in [1.807, 2.05) is 55.5 Å². The summed E-state index contributed by atoms with van der Waals surface area (Å²) in [5.41, 5.74) is 3.20. The van der Waals surface area contributed by atoms with Gasteiger partial charge in [-0.2, -0.15) is 4.31 Å². The number of nitrogens with zero attached hydrogens (tertiary/aromatic N) is 1. The SMILES string of the molecule is COc1ccc([C@H]2CCN(S(=O)(=O)/C=C/c3ccc(C)cc3)C2)cc1. The summed E-state index contributed by atoms with van der Waals surface area (Å²) < 4.78 is 31.9. The van der Waals surface area contributed by atoms with Crippen LogP contribution in [-0.2, 0) is 10.0 Å². The first kappa shape index (κ1) is 17.7. The van der Waals surface area contributed by atoms with Gasteiger partial charge in [-0.25, -0.2) is 8.42 Å². The van der Waals surface area contributed by atoms with Crippen LogP contribution in [0.5, 0.6) is 5.75 Å². The second kappa shape index (κ2) is 7.42. The van der Waals surface area contributed by atoms with E-state index in [-0.39, 0.29) is 5.92 Å². The molecular formula is C20H23NO3S. The highest BCUT2D eigenvalue weighted by molar-refractivity contribution is 7.92. The van der Waals surface area contributed by atoms with Crippen molar-refractivity contribution in [2.24, 2.45) is 0 Å². The Balaban J connectivity index is 1.68. The highest BCUT2D eigenvalue weighted by Gasteiger charge is 2.30. The normalized spacial score (nSPS) is 18.7. The molecule has 25 heavy (non-hydrogen) atoms. The summed E-state index contributed by atoms with van der Waals surface area (Å²) >= 11 is 0. The molecule has 132 valence electrons. The van der Waals surface area contributed by atoms with Crippen molar-refractivity contribution >= 4 is 16.1 Å². The molecule has 1 aliphatic heterocycles. The van der Waals surface area contributed by atoms with Crippen LogP contribution in [0.3, 0.4) is 0 Å². The smallest absolute Gasteiger partial charge is 0.236 e. The minimum atomic E-state index is -3.39. The van der Waals surface area contributed by atoms with Crippen molar-refractivity contribution in [2.45, 2.75) is 19.3 Å². The number of hydrogen-bond donors (Lipinski definition) is 0. The van der Waals surface area contributed by atoms with Gasteiger partial charge in [0.1, 0.15) is 5.75 Å². The van der Waals surface area contributed by atoms with Crippen molar-refractivity contribution in [1.29, 1.82) is 0 Å². The van der Waals surface area contributed by atoms with Crippen LogP contribution in [-0.4, -0.2) is 32.9 Å². The van der Waals surface area contributed by atoms with Crippen molar-refractivity contribution < 1.29 is 13.2 Å². The third-order valence-electron chi connectivity index (χ3n) is 4.61. The average Bonchev–Trinajstić information content (AvgIpc) is 3.12. The maximum absolute atomic E-state index is 12.6. The van der Waals surface area contributed by atoms with Crippen LogP contribution < -0.4 is 4.74 Å². The van der Waals surface area contributed by atoms with Gasteiger partial charge in [-0.1, -0.05) is 42.0 Å². The zero-order valence-corrected chi connectivity index (χ0v) is 15.4. The van der Waals surface area contributed by atoms with Gasteiger partial charge in [-0.15, -0.1) is 0 Å². The van der Waals surface area contributed by atoms with E-state index < -0.39 is 10.0 Å². The number of sulfonamides is 1. The topological polar surface area (TPSA) is 46.6 Å². The van der Waals surface area contributed by atoms with E-state index in [4.69, 9.17) is 4.74 Å². The second-order valence-corrected chi connectivity index (χ2v) is 8.19. The molecule has 0 amide bonds. The van der Waals surface area contributed by atoms with Crippen LogP contribution in [0, 0.1) is 6.92 Å². The van der Waals surface area contributed by atoms with Gasteiger partial charge in [0, 0.05) is 18.5 Å². The Morgan fingerprint density at radius 2 is 1.76 bits per heavy atom. The number of methoxy groups -OCH3 is 1. The fourth-order valence-electron chi connectivity index (χ4n) is 3.04. The minimum absolute atomic E-state index is 0.230. The van der Waals surface area contributed by atoms with Crippen LogP contribution in [0.4, 0.5) is 0 Å². The highest BCUT2D eigenvalue weighted by Crippen LogP contribution is 2.30. The van der Waals surface area contributed by atoms with Crippen molar-refractivity contribution in [3.63, 3.8) is 0 Å². The van der Waals surface area contributed by atoms with Gasteiger partial charge < -0.3 is 4.74 Å². The van der Waals surface area contributed by atoms with Gasteiger partial charge in [0.25, 0.3) is 0 Å². The van der Waals surface area contributed by atoms with E-state index in [0.29, 0.717) is 13.1 Å². The zero-order valence-electron chi connectivity index (χ0n) is 14.6. The Labute approximate surface area is 149 Å². The van der Waals surface area contributed by atoms with Gasteiger partial charge in [-0.05, 0) is 48.6 Å². The first-order valence-corrected chi connectivity index (χ1v) is 9.87. The molecule has 5 heteroatoms. The number of rotatable bonds is 5. The molecule has 2 aromatic carbocycles. The third-order valence-corrected chi connectivity index (χ3v) is 6.14. The number of hydrogen-bond acceptors (Lipinski definition) is 3. The quantitative estimate of drug-likeness (QED) is 0.818. The fourth-order valence-corrected chi connectivity index (χ4v) is 4.28. The minimum Gasteiger partial charge on any atom is -0.497 e. The van der Waals surface area contributed by atoms with Gasteiger partial charge in [0.15, 0.2) is 0 Å². The standard InChI is InChI=1S/C20H23NO3S/c1-16-3-5-17(6-4-16)12-14-25(22,23)21-13-11-19(15-21)18-7-9-20(24-2)10-8-18/h3-10,12,14,19H,11,13,15H2,1-2H3/b14-12+/t19-/m0/s1. The zero-order chi connectivity index (χ0) is 17.9. The molecule has 3 rings (SSSR count). The summed E-state index contributed by atoms with van der Waals surface area (Å²) in [6.07, 6.45) is 2.50. The summed E-state index contributed by atoms with van der Waals surface area (Å²) in [5.74, 6) is 1.04. The molecule has 1 saturated heterocycles. The van der Waals surface area contributed by atoms with Crippen molar-refractivity contribution in [3.05, 3.63) is 70.6 Å². The average molecular weight is 357 g/mol. The largest absolute Gasteiger partial charge is 0.497 e. The molecule has 1 fully saturated rings. The Kier molecular flexibility index (Phi) is 5.25. The molecular weight excluding hydrogens is 334 g/mol. The van der Waals surface area contributed by atoms with Crippen LogP contribution >= 0.6 is 0 Å². The van der Waals surface area contributed by atoms with Crippen molar-refractivity contribution in [2.75, 3.05) is 20.2 Å². The van der Waals surface area contributed by atoms with E-state index in [0.717, 1.165) is 28.9 Å². The van der Waals surface area contributed by atoms with Gasteiger partial charge in [-0.3, -0.25) is 0 Å². The molecule has 1 heterocycles. The Hall–Kier alpha value is -2.11. The predicted octanol–water partition coefficient (Wildman–Crippen LogP) is 3.79. The number of aryl methyl sites for hydroxylation is 1. The molecule has 0 unspecified atom stereocenters. The molecule has 4 nitrogen and oxygen atoms in total. The molecule has 0 spiro atoms. The van der Waals surface area contributed by atoms with E-state index >= 15 is 0 Å². The molecule has 0 saturated carbocycles. The maximum atomic E-state index is 12.6. The van der Waals surface area contributed by atoms with Gasteiger partial charge in [0.2, 0.25) is 10.0 Å². The summed E-state index contributed by atoms with van der Waals surface area (Å²) in [4.78, 5) is 0. The lowest BCUT2D eigenvalue weighted by molar-refractivity contribution is 0.414. The summed E-state index contributed by atoms with van der Waals surface area (Å²) in [6.45, 7) is 3.08. The lowest BCUT2D eigenvalue weighted by Gasteiger charge is -2.14. The Morgan fingerprint density at radius 1 is 1.08 bits per heavy atom. The molecule has 0 radical (unpaired) electrons. The van der Waals surface area contributed by atoms with Crippen LogP contribution in [0.1, 0.15) is 29.0 Å². The van der Waals surface area contributed by atoms with E-state index in [1.54, 1.807) is 17.5 Å². The third kappa shape index (κ3) is 4.30. The number of ether oxygens (including phenoxy) is 1. The highest BCUT2D eigenvalue weighted by atomic mass is 32.2. The molecule has 0 aromatic heterocycles. The summed E-state index contributed by atoms with van der Waals surface area (Å²) in [7, 11) is -1.76. The first-order chi connectivity index (χ1) is 12.0. The van der Waals surface area contributed by atoms with Crippen LogP contribution in [0.2, 0.25) is 0 Å². The molecule has 0 bridgehead atoms. The lowest BCUT2D eigenvalue weighted by Crippen LogP contribution is -2.26. The van der Waals surface area contributed by atoms with Gasteiger partial charge in [0.05, 0.1) is 7.11 Å². The van der Waals surface area contributed by atoms with E-state index in [9.17, 15) is 8.42 Å². The Bertz CT molecular complexity index is 840. The first-order valence-electron chi connectivity index (χ1n) is 8.37. The predicted molar refractivity (Wildman–Crippen MR) is 101 cm³/mol. The summed E-state index contributed by atoms with van der Waals surface area (Å²) in [5, 5.41) is 1.31. The second-order valence-electron chi connectivity index (χ2n) is 6.38. The monoisotopic (exact) mass is 357 g/mol. The molecule has 2 aromatic rings. The molecule has 0 N–H and O–H groups in total. The molecule has 1 aliphatic rings. The lowest BCUT2D eigenvalue weighted by atomic mass is 9.99. The molecule has 1 atom stereocenters. The Morgan fingerprint density at radius 3 is 2.40 bits per heavy atom. The van der Waals surface area contributed by atoms with Gasteiger partial charge >= 0.3 is 0 Å². The van der Waals surface area contributed by atoms with Crippen LogP contribution in [0.25, 0.3) is 6.08 Å². The maximum Gasteiger partial charge on any atom is 0.236 e. The van der Waals surface area contributed by atoms with Crippen molar-refractivity contribution in [1.82, 2.24) is 4.31 Å². The van der Waals surface area contributed by atoms with E-state index in [1.165, 1.54) is 5.41 Å². The fraction of sp³-hybridized carbons (Fsp3) is 0.300. The molecule has 0 aliphatic carbocycles. The summed E-state index contributed by atoms with van der Waals surface area (Å²) in [6, 6.07) is 15.7. The number of benzene rings is 2. The van der Waals surface area contributed by atoms with Crippen molar-refractivity contribution in [3.8, 4) is 5.75 Å².